The van der Waals surface area contributed by atoms with E-state index in [4.69, 9.17) is 0 Å². The van der Waals surface area contributed by atoms with E-state index in [-0.39, 0.29) is 4.88 Å². The Labute approximate surface area is 74.6 Å². The fourth-order valence-corrected chi connectivity index (χ4v) is 1.53. The molecule has 0 N–H and O–H groups in total. The topological polar surface area (TPSA) is 12.9 Å². The summed E-state index contributed by atoms with van der Waals surface area (Å²) in [6.45, 7) is 4.56. The standard InChI is InChI=1S/C8H11F2NS/c1-7(2,3)8(9,10)6-4-5-11-12-6/h4-5H,1-3H3. The number of rotatable bonds is 1. The first-order valence-electron chi connectivity index (χ1n) is 3.64. The Bertz CT molecular complexity index is 249. The lowest BCUT2D eigenvalue weighted by atomic mass is 9.87. The lowest BCUT2D eigenvalue weighted by Gasteiger charge is -2.28. The maximum absolute atomic E-state index is 13.5. The lowest BCUT2D eigenvalue weighted by molar-refractivity contribution is -0.101. The molecule has 0 bridgehead atoms. The first-order chi connectivity index (χ1) is 5.36. The molecule has 68 valence electrons. The molecule has 4 heteroatoms. The van der Waals surface area contributed by atoms with Crippen LogP contribution in [0.5, 0.6) is 0 Å². The molecule has 1 heterocycles. The minimum atomic E-state index is -2.78. The van der Waals surface area contributed by atoms with Crippen LogP contribution in [0.15, 0.2) is 12.3 Å². The van der Waals surface area contributed by atoms with Gasteiger partial charge in [-0.05, 0) is 17.6 Å². The van der Waals surface area contributed by atoms with Gasteiger partial charge in [-0.3, -0.25) is 0 Å². The molecule has 0 spiro atoms. The molecule has 0 atom stereocenters. The minimum Gasteiger partial charge on any atom is -0.201 e. The highest BCUT2D eigenvalue weighted by Crippen LogP contribution is 2.45. The van der Waals surface area contributed by atoms with Crippen LogP contribution in [0.4, 0.5) is 8.78 Å². The monoisotopic (exact) mass is 191 g/mol. The van der Waals surface area contributed by atoms with E-state index in [1.807, 2.05) is 0 Å². The summed E-state index contributed by atoms with van der Waals surface area (Å²) >= 11 is 0.857. The highest BCUT2D eigenvalue weighted by atomic mass is 32.1. The Morgan fingerprint density at radius 2 is 1.92 bits per heavy atom. The van der Waals surface area contributed by atoms with Crippen LogP contribution >= 0.6 is 11.5 Å². The van der Waals surface area contributed by atoms with Gasteiger partial charge in [0.25, 0.3) is 5.92 Å². The fourth-order valence-electron chi connectivity index (χ4n) is 0.747. The van der Waals surface area contributed by atoms with Gasteiger partial charge in [-0.2, -0.15) is 8.78 Å². The zero-order valence-electron chi connectivity index (χ0n) is 7.27. The predicted octanol–water partition coefficient (Wildman–Crippen LogP) is 3.28. The molecule has 1 rings (SSSR count). The normalized spacial score (nSPS) is 13.4. The van der Waals surface area contributed by atoms with Gasteiger partial charge in [0.15, 0.2) is 0 Å². The Morgan fingerprint density at radius 1 is 1.33 bits per heavy atom. The van der Waals surface area contributed by atoms with E-state index < -0.39 is 11.3 Å². The van der Waals surface area contributed by atoms with Crippen molar-refractivity contribution in [1.82, 2.24) is 4.37 Å². The Morgan fingerprint density at radius 3 is 2.25 bits per heavy atom. The predicted molar refractivity (Wildman–Crippen MR) is 45.5 cm³/mol. The zero-order valence-corrected chi connectivity index (χ0v) is 8.08. The molecule has 12 heavy (non-hydrogen) atoms. The molecule has 0 aliphatic carbocycles. The molecule has 1 aromatic rings. The maximum Gasteiger partial charge on any atom is 0.288 e. The number of halogens is 2. The maximum atomic E-state index is 13.5. The van der Waals surface area contributed by atoms with Gasteiger partial charge in [-0.1, -0.05) is 20.8 Å². The summed E-state index contributed by atoms with van der Waals surface area (Å²) in [6.07, 6.45) is 1.40. The lowest BCUT2D eigenvalue weighted by Crippen LogP contribution is -2.30. The molecular formula is C8H11F2NS. The van der Waals surface area contributed by atoms with Crippen LogP contribution in [0.2, 0.25) is 0 Å². The smallest absolute Gasteiger partial charge is 0.201 e. The Hall–Kier alpha value is -0.510. The van der Waals surface area contributed by atoms with Gasteiger partial charge in [0, 0.05) is 11.6 Å². The van der Waals surface area contributed by atoms with Gasteiger partial charge in [0.2, 0.25) is 0 Å². The van der Waals surface area contributed by atoms with Crippen molar-refractivity contribution < 1.29 is 8.78 Å². The van der Waals surface area contributed by atoms with Crippen molar-refractivity contribution >= 4 is 11.5 Å². The molecule has 1 aromatic heterocycles. The van der Waals surface area contributed by atoms with Crippen molar-refractivity contribution in [3.8, 4) is 0 Å². The van der Waals surface area contributed by atoms with Gasteiger partial charge in [-0.25, -0.2) is 4.37 Å². The van der Waals surface area contributed by atoms with E-state index in [2.05, 4.69) is 4.37 Å². The number of aromatic nitrogens is 1. The van der Waals surface area contributed by atoms with Crippen LogP contribution in [-0.4, -0.2) is 4.37 Å². The first-order valence-corrected chi connectivity index (χ1v) is 4.42. The van der Waals surface area contributed by atoms with Crippen LogP contribution in [0, 0.1) is 5.41 Å². The molecular weight excluding hydrogens is 180 g/mol. The molecule has 0 aliphatic heterocycles. The van der Waals surface area contributed by atoms with E-state index in [1.54, 1.807) is 0 Å². The van der Waals surface area contributed by atoms with Crippen molar-refractivity contribution in [2.45, 2.75) is 26.7 Å². The molecule has 0 aromatic carbocycles. The molecule has 0 amide bonds. The summed E-state index contributed by atoms with van der Waals surface area (Å²) in [4.78, 5) is 0.0370. The van der Waals surface area contributed by atoms with E-state index in [9.17, 15) is 8.78 Å². The molecule has 0 saturated carbocycles. The number of nitrogens with zero attached hydrogens (tertiary/aromatic N) is 1. The Kier molecular flexibility index (Phi) is 2.21. The molecule has 1 nitrogen and oxygen atoms in total. The molecule has 0 aliphatic rings. The first kappa shape index (κ1) is 9.58. The second kappa shape index (κ2) is 2.76. The van der Waals surface area contributed by atoms with E-state index in [1.165, 1.54) is 33.0 Å². The third-order valence-corrected chi connectivity index (χ3v) is 2.51. The van der Waals surface area contributed by atoms with Crippen molar-refractivity contribution in [3.63, 3.8) is 0 Å². The summed E-state index contributed by atoms with van der Waals surface area (Å²) in [7, 11) is 0. The van der Waals surface area contributed by atoms with Crippen molar-refractivity contribution in [2.24, 2.45) is 5.41 Å². The zero-order chi connectivity index (χ0) is 9.41. The largest absolute Gasteiger partial charge is 0.288 e. The quantitative estimate of drug-likeness (QED) is 0.663. The SMILES string of the molecule is CC(C)(C)C(F)(F)c1ccns1. The van der Waals surface area contributed by atoms with E-state index >= 15 is 0 Å². The van der Waals surface area contributed by atoms with Gasteiger partial charge < -0.3 is 0 Å². The average Bonchev–Trinajstić information content (AvgIpc) is 2.34. The van der Waals surface area contributed by atoms with Crippen molar-refractivity contribution in [3.05, 3.63) is 17.1 Å². The molecule has 0 radical (unpaired) electrons. The molecule has 0 saturated heterocycles. The highest BCUT2D eigenvalue weighted by molar-refractivity contribution is 7.05. The second-order valence-electron chi connectivity index (χ2n) is 3.70. The summed E-state index contributed by atoms with van der Waals surface area (Å²) in [6, 6.07) is 1.37. The van der Waals surface area contributed by atoms with E-state index in [0.717, 1.165) is 11.5 Å². The second-order valence-corrected chi connectivity index (χ2v) is 4.53. The van der Waals surface area contributed by atoms with Crippen molar-refractivity contribution in [2.75, 3.05) is 0 Å². The average molecular weight is 191 g/mol. The number of hydrogen-bond acceptors (Lipinski definition) is 2. The van der Waals surface area contributed by atoms with Gasteiger partial charge in [0.1, 0.15) is 0 Å². The number of alkyl halides is 2. The van der Waals surface area contributed by atoms with Gasteiger partial charge in [-0.15, -0.1) is 0 Å². The van der Waals surface area contributed by atoms with E-state index in [0.29, 0.717) is 0 Å². The fraction of sp³-hybridized carbons (Fsp3) is 0.625. The van der Waals surface area contributed by atoms with Crippen LogP contribution in [-0.2, 0) is 5.92 Å². The summed E-state index contributed by atoms with van der Waals surface area (Å²) in [5.74, 6) is -2.78. The third-order valence-electron chi connectivity index (χ3n) is 1.69. The summed E-state index contributed by atoms with van der Waals surface area (Å²) < 4.78 is 30.6. The highest BCUT2D eigenvalue weighted by Gasteiger charge is 2.45. The van der Waals surface area contributed by atoms with Crippen LogP contribution in [0.1, 0.15) is 25.6 Å². The summed E-state index contributed by atoms with van der Waals surface area (Å²) in [5.41, 5.74) is -1.04. The molecule has 0 unspecified atom stereocenters. The molecule has 0 fully saturated rings. The van der Waals surface area contributed by atoms with Crippen LogP contribution in [0.25, 0.3) is 0 Å². The minimum absolute atomic E-state index is 0.0370. The number of hydrogen-bond donors (Lipinski definition) is 0. The van der Waals surface area contributed by atoms with Crippen LogP contribution in [0.3, 0.4) is 0 Å². The van der Waals surface area contributed by atoms with Crippen molar-refractivity contribution in [1.29, 1.82) is 0 Å². The van der Waals surface area contributed by atoms with Gasteiger partial charge in [0.05, 0.1) is 4.88 Å². The van der Waals surface area contributed by atoms with Gasteiger partial charge >= 0.3 is 0 Å². The van der Waals surface area contributed by atoms with Crippen LogP contribution < -0.4 is 0 Å². The summed E-state index contributed by atoms with van der Waals surface area (Å²) in [5, 5.41) is 0. The Balaban J connectivity index is 3.02. The third kappa shape index (κ3) is 1.48.